The van der Waals surface area contributed by atoms with Crippen molar-refractivity contribution < 1.29 is 0 Å². The van der Waals surface area contributed by atoms with Crippen LogP contribution in [0.4, 0.5) is 0 Å². The van der Waals surface area contributed by atoms with Crippen LogP contribution in [0.25, 0.3) is 10.9 Å². The zero-order valence-electron chi connectivity index (χ0n) is 9.91. The second-order valence-corrected chi connectivity index (χ2v) is 5.76. The Labute approximate surface area is 109 Å². The van der Waals surface area contributed by atoms with Crippen LogP contribution in [0, 0.1) is 0 Å². The molecular weight excluding hydrogens is 278 g/mol. The molecule has 0 radical (unpaired) electrons. The maximum absolute atomic E-state index is 6.49. The molecule has 1 saturated carbocycles. The van der Waals surface area contributed by atoms with Crippen LogP contribution in [0.15, 0.2) is 22.8 Å². The van der Waals surface area contributed by atoms with Crippen LogP contribution in [-0.2, 0) is 12.6 Å². The highest BCUT2D eigenvalue weighted by atomic mass is 79.9. The summed E-state index contributed by atoms with van der Waals surface area (Å²) < 4.78 is 2.79. The zero-order valence-corrected chi connectivity index (χ0v) is 11.5. The number of nitrogens with zero attached hydrogens (tertiary/aromatic N) is 2. The van der Waals surface area contributed by atoms with E-state index in [0.717, 1.165) is 28.3 Å². The molecule has 1 aliphatic rings. The van der Waals surface area contributed by atoms with Crippen LogP contribution < -0.4 is 5.73 Å². The summed E-state index contributed by atoms with van der Waals surface area (Å²) in [5.74, 6) is 0. The highest BCUT2D eigenvalue weighted by Crippen LogP contribution is 2.38. The maximum Gasteiger partial charge on any atom is 0.135 e. The fourth-order valence-electron chi connectivity index (χ4n) is 2.83. The molecule has 0 spiro atoms. The molecule has 1 aliphatic carbocycles. The van der Waals surface area contributed by atoms with Crippen LogP contribution in [-0.4, -0.2) is 9.78 Å². The van der Waals surface area contributed by atoms with Crippen molar-refractivity contribution in [1.29, 1.82) is 0 Å². The lowest BCUT2D eigenvalue weighted by Gasteiger charge is -2.24. The molecule has 0 aliphatic heterocycles. The van der Waals surface area contributed by atoms with E-state index in [-0.39, 0.29) is 5.54 Å². The monoisotopic (exact) mass is 293 g/mol. The summed E-state index contributed by atoms with van der Waals surface area (Å²) in [6, 6.07) is 6.47. The van der Waals surface area contributed by atoms with Gasteiger partial charge in [0.05, 0.1) is 5.52 Å². The van der Waals surface area contributed by atoms with Crippen molar-refractivity contribution in [2.24, 2.45) is 12.8 Å². The van der Waals surface area contributed by atoms with E-state index in [1.165, 1.54) is 18.4 Å². The van der Waals surface area contributed by atoms with E-state index in [1.807, 2.05) is 11.7 Å². The summed E-state index contributed by atoms with van der Waals surface area (Å²) in [5.41, 5.74) is 8.75. The summed E-state index contributed by atoms with van der Waals surface area (Å²) in [7, 11) is 1.96. The van der Waals surface area contributed by atoms with Gasteiger partial charge in [-0.3, -0.25) is 4.68 Å². The minimum absolute atomic E-state index is 0.122. The number of fused-ring (bicyclic) bond motifs is 1. The summed E-state index contributed by atoms with van der Waals surface area (Å²) >= 11 is 3.51. The van der Waals surface area contributed by atoms with Gasteiger partial charge in [-0.05, 0) is 46.5 Å². The van der Waals surface area contributed by atoms with Gasteiger partial charge in [-0.1, -0.05) is 18.9 Å². The Bertz CT molecular complexity index is 567. The minimum Gasteiger partial charge on any atom is -0.321 e. The number of aromatic nitrogens is 2. The number of rotatable bonds is 1. The molecular formula is C13H16BrN3. The minimum atomic E-state index is -0.122. The molecule has 1 aromatic carbocycles. The van der Waals surface area contributed by atoms with Crippen LogP contribution in [0.2, 0.25) is 0 Å². The predicted molar refractivity (Wildman–Crippen MR) is 72.7 cm³/mol. The topological polar surface area (TPSA) is 43.8 Å². The number of aryl methyl sites for hydroxylation is 1. The third-order valence-electron chi connectivity index (χ3n) is 3.88. The Balaban J connectivity index is 2.16. The Hall–Kier alpha value is -0.870. The largest absolute Gasteiger partial charge is 0.321 e. The lowest BCUT2D eigenvalue weighted by molar-refractivity contribution is 0.462. The maximum atomic E-state index is 6.49. The number of hydrogen-bond donors (Lipinski definition) is 1. The SMILES string of the molecule is Cn1nc(Br)c2cc(C3(N)CCCC3)ccc21. The van der Waals surface area contributed by atoms with E-state index in [4.69, 9.17) is 5.73 Å². The molecule has 90 valence electrons. The predicted octanol–water partition coefficient (Wildman–Crippen LogP) is 3.06. The molecule has 1 fully saturated rings. The van der Waals surface area contributed by atoms with Gasteiger partial charge in [-0.15, -0.1) is 0 Å². The summed E-state index contributed by atoms with van der Waals surface area (Å²) in [6.45, 7) is 0. The van der Waals surface area contributed by atoms with Crippen molar-refractivity contribution in [3.05, 3.63) is 28.4 Å². The number of hydrogen-bond acceptors (Lipinski definition) is 2. The molecule has 0 atom stereocenters. The molecule has 3 nitrogen and oxygen atoms in total. The lowest BCUT2D eigenvalue weighted by atomic mass is 9.89. The third-order valence-corrected chi connectivity index (χ3v) is 4.46. The molecule has 1 heterocycles. The van der Waals surface area contributed by atoms with Gasteiger partial charge in [0.1, 0.15) is 4.60 Å². The summed E-state index contributed by atoms with van der Waals surface area (Å²) in [4.78, 5) is 0. The summed E-state index contributed by atoms with van der Waals surface area (Å²) in [6.07, 6.45) is 4.66. The van der Waals surface area contributed by atoms with E-state index in [9.17, 15) is 0 Å². The van der Waals surface area contributed by atoms with E-state index in [2.05, 4.69) is 39.2 Å². The Kier molecular flexibility index (Phi) is 2.52. The first-order valence-electron chi connectivity index (χ1n) is 6.02. The Morgan fingerprint density at radius 2 is 2.06 bits per heavy atom. The standard InChI is InChI=1S/C13H16BrN3/c1-17-11-5-4-9(8-10(11)12(14)16-17)13(15)6-2-3-7-13/h4-5,8H,2-3,6-7,15H2,1H3. The fourth-order valence-corrected chi connectivity index (χ4v) is 3.38. The Morgan fingerprint density at radius 1 is 1.35 bits per heavy atom. The Morgan fingerprint density at radius 3 is 2.76 bits per heavy atom. The number of benzene rings is 1. The van der Waals surface area contributed by atoms with Crippen molar-refractivity contribution in [2.45, 2.75) is 31.2 Å². The highest BCUT2D eigenvalue weighted by Gasteiger charge is 2.31. The van der Waals surface area contributed by atoms with Gasteiger partial charge >= 0.3 is 0 Å². The van der Waals surface area contributed by atoms with Gasteiger partial charge in [0.15, 0.2) is 0 Å². The first kappa shape index (κ1) is 11.2. The molecule has 3 rings (SSSR count). The first-order chi connectivity index (χ1) is 8.10. The van der Waals surface area contributed by atoms with E-state index >= 15 is 0 Å². The van der Waals surface area contributed by atoms with Gasteiger partial charge in [-0.25, -0.2) is 0 Å². The van der Waals surface area contributed by atoms with Crippen molar-refractivity contribution in [2.75, 3.05) is 0 Å². The van der Waals surface area contributed by atoms with Crippen LogP contribution >= 0.6 is 15.9 Å². The van der Waals surface area contributed by atoms with Gasteiger partial charge < -0.3 is 5.73 Å². The van der Waals surface area contributed by atoms with Crippen LogP contribution in [0.1, 0.15) is 31.2 Å². The number of nitrogens with two attached hydrogens (primary N) is 1. The average molecular weight is 294 g/mol. The smallest absolute Gasteiger partial charge is 0.135 e. The molecule has 2 N–H and O–H groups in total. The van der Waals surface area contributed by atoms with Crippen molar-refractivity contribution in [3.8, 4) is 0 Å². The molecule has 0 saturated heterocycles. The fraction of sp³-hybridized carbons (Fsp3) is 0.462. The molecule has 2 aromatic rings. The van der Waals surface area contributed by atoms with Crippen molar-refractivity contribution >= 4 is 26.8 Å². The summed E-state index contributed by atoms with van der Waals surface area (Å²) in [5, 5.41) is 5.53. The zero-order chi connectivity index (χ0) is 12.0. The molecule has 0 unspecified atom stereocenters. The number of halogens is 1. The normalized spacial score (nSPS) is 19.0. The second-order valence-electron chi connectivity index (χ2n) is 5.01. The van der Waals surface area contributed by atoms with Gasteiger partial charge in [0.2, 0.25) is 0 Å². The van der Waals surface area contributed by atoms with Crippen molar-refractivity contribution in [3.63, 3.8) is 0 Å². The second kappa shape index (κ2) is 3.82. The average Bonchev–Trinajstić information content (AvgIpc) is 2.86. The molecule has 4 heteroatoms. The third kappa shape index (κ3) is 1.70. The molecule has 1 aromatic heterocycles. The van der Waals surface area contributed by atoms with Crippen molar-refractivity contribution in [1.82, 2.24) is 9.78 Å². The van der Waals surface area contributed by atoms with E-state index < -0.39 is 0 Å². The first-order valence-corrected chi connectivity index (χ1v) is 6.81. The lowest BCUT2D eigenvalue weighted by Crippen LogP contribution is -2.32. The molecule has 0 bridgehead atoms. The van der Waals surface area contributed by atoms with Gasteiger partial charge in [0.25, 0.3) is 0 Å². The van der Waals surface area contributed by atoms with Gasteiger partial charge in [-0.2, -0.15) is 5.10 Å². The van der Waals surface area contributed by atoms with Gasteiger partial charge in [0, 0.05) is 18.0 Å². The highest BCUT2D eigenvalue weighted by molar-refractivity contribution is 9.10. The van der Waals surface area contributed by atoms with Crippen LogP contribution in [0.3, 0.4) is 0 Å². The quantitative estimate of drug-likeness (QED) is 0.878. The van der Waals surface area contributed by atoms with Crippen LogP contribution in [0.5, 0.6) is 0 Å². The van der Waals surface area contributed by atoms with E-state index in [1.54, 1.807) is 0 Å². The van der Waals surface area contributed by atoms with E-state index in [0.29, 0.717) is 0 Å². The molecule has 17 heavy (non-hydrogen) atoms. The molecule has 0 amide bonds.